The average molecular weight is 300 g/mol. The van der Waals surface area contributed by atoms with Crippen molar-refractivity contribution in [2.24, 2.45) is 0 Å². The van der Waals surface area contributed by atoms with E-state index in [4.69, 9.17) is 11.6 Å². The molecule has 0 saturated carbocycles. The fourth-order valence-corrected chi connectivity index (χ4v) is 2.43. The molecule has 1 N–H and O–H groups in total. The third-order valence-electron chi connectivity index (χ3n) is 3.09. The molecule has 0 spiro atoms. The van der Waals surface area contributed by atoms with E-state index in [1.165, 1.54) is 6.07 Å². The van der Waals surface area contributed by atoms with Gasteiger partial charge in [-0.1, -0.05) is 24.6 Å². The van der Waals surface area contributed by atoms with Crippen molar-refractivity contribution < 1.29 is 8.78 Å². The molecule has 2 aromatic rings. The molecular weight excluding hydrogens is 284 g/mol. The Hall–Kier alpha value is -1.46. The number of aryl methyl sites for hydroxylation is 1. The van der Waals surface area contributed by atoms with Crippen LogP contribution in [0, 0.1) is 11.6 Å². The fourth-order valence-electron chi connectivity index (χ4n) is 2.18. The van der Waals surface area contributed by atoms with Crippen molar-refractivity contribution in [3.63, 3.8) is 0 Å². The van der Waals surface area contributed by atoms with Crippen LogP contribution in [-0.2, 0) is 6.54 Å². The van der Waals surface area contributed by atoms with E-state index in [0.29, 0.717) is 23.7 Å². The minimum atomic E-state index is -0.871. The third-order valence-corrected chi connectivity index (χ3v) is 3.38. The zero-order valence-electron chi connectivity index (χ0n) is 11.3. The maximum atomic E-state index is 13.4. The van der Waals surface area contributed by atoms with Crippen molar-refractivity contribution in [1.82, 2.24) is 15.1 Å². The number of hydrogen-bond donors (Lipinski definition) is 1. The van der Waals surface area contributed by atoms with E-state index in [2.05, 4.69) is 10.4 Å². The summed E-state index contributed by atoms with van der Waals surface area (Å²) < 4.78 is 28.3. The highest BCUT2D eigenvalue weighted by atomic mass is 35.5. The maximum absolute atomic E-state index is 13.4. The topological polar surface area (TPSA) is 29.9 Å². The molecule has 0 bridgehead atoms. The van der Waals surface area contributed by atoms with Crippen LogP contribution in [0.4, 0.5) is 8.78 Å². The van der Waals surface area contributed by atoms with Gasteiger partial charge in [-0.3, -0.25) is 4.68 Å². The van der Waals surface area contributed by atoms with Gasteiger partial charge in [0.05, 0.1) is 23.0 Å². The van der Waals surface area contributed by atoms with Gasteiger partial charge in [-0.15, -0.1) is 0 Å². The van der Waals surface area contributed by atoms with Gasteiger partial charge in [-0.25, -0.2) is 8.78 Å². The van der Waals surface area contributed by atoms with Crippen molar-refractivity contribution in [3.8, 4) is 0 Å². The molecule has 1 heterocycles. The zero-order valence-corrected chi connectivity index (χ0v) is 12.1. The number of halogens is 3. The monoisotopic (exact) mass is 299 g/mol. The van der Waals surface area contributed by atoms with Gasteiger partial charge in [-0.2, -0.15) is 5.10 Å². The summed E-state index contributed by atoms with van der Waals surface area (Å²) in [4.78, 5) is 0. The molecule has 2 rings (SSSR count). The maximum Gasteiger partial charge on any atom is 0.159 e. The summed E-state index contributed by atoms with van der Waals surface area (Å²) in [5.41, 5.74) is 1.37. The summed E-state index contributed by atoms with van der Waals surface area (Å²) in [6.45, 7) is 5.19. The van der Waals surface area contributed by atoms with Crippen LogP contribution >= 0.6 is 11.6 Å². The van der Waals surface area contributed by atoms with Crippen molar-refractivity contribution in [3.05, 3.63) is 52.3 Å². The smallest absolute Gasteiger partial charge is 0.159 e. The predicted molar refractivity (Wildman–Crippen MR) is 74.8 cm³/mol. The first-order valence-corrected chi connectivity index (χ1v) is 6.85. The second kappa shape index (κ2) is 6.33. The normalized spacial score (nSPS) is 12.7. The number of rotatable bonds is 5. The lowest BCUT2D eigenvalue weighted by Crippen LogP contribution is -2.25. The van der Waals surface area contributed by atoms with Crippen LogP contribution in [0.5, 0.6) is 0 Å². The molecular formula is C14H16ClF2N3. The molecule has 1 atom stereocenters. The number of aromatic nitrogens is 2. The van der Waals surface area contributed by atoms with E-state index in [-0.39, 0.29) is 6.04 Å². The number of nitrogens with one attached hydrogen (secondary N) is 1. The third kappa shape index (κ3) is 2.83. The van der Waals surface area contributed by atoms with Gasteiger partial charge in [-0.05, 0) is 31.2 Å². The van der Waals surface area contributed by atoms with Crippen LogP contribution in [0.25, 0.3) is 0 Å². The lowest BCUT2D eigenvalue weighted by molar-refractivity contribution is 0.499. The minimum absolute atomic E-state index is 0.329. The number of benzene rings is 1. The molecule has 6 heteroatoms. The molecule has 0 amide bonds. The molecule has 1 aromatic heterocycles. The first-order chi connectivity index (χ1) is 9.58. The molecule has 0 radical (unpaired) electrons. The zero-order chi connectivity index (χ0) is 14.7. The van der Waals surface area contributed by atoms with Gasteiger partial charge in [0.1, 0.15) is 0 Å². The molecule has 1 aromatic carbocycles. The molecule has 20 heavy (non-hydrogen) atoms. The molecule has 1 unspecified atom stereocenters. The summed E-state index contributed by atoms with van der Waals surface area (Å²) in [7, 11) is 0. The Morgan fingerprint density at radius 1 is 1.30 bits per heavy atom. The molecule has 3 nitrogen and oxygen atoms in total. The standard InChI is InChI=1S/C14H16ClF2N3/c1-3-18-13(9-5-6-11(16)12(17)7-9)14-10(15)8-19-20(14)4-2/h5-8,13,18H,3-4H2,1-2H3. The van der Waals surface area contributed by atoms with E-state index >= 15 is 0 Å². The van der Waals surface area contributed by atoms with Crippen LogP contribution in [0.15, 0.2) is 24.4 Å². The Morgan fingerprint density at radius 2 is 2.05 bits per heavy atom. The summed E-state index contributed by atoms with van der Waals surface area (Å²) >= 11 is 6.18. The second-order valence-electron chi connectivity index (χ2n) is 4.36. The molecule has 108 valence electrons. The van der Waals surface area contributed by atoms with Crippen LogP contribution in [0.3, 0.4) is 0 Å². The van der Waals surface area contributed by atoms with E-state index < -0.39 is 11.6 Å². The SMILES string of the molecule is CCNC(c1ccc(F)c(F)c1)c1c(Cl)cnn1CC. The second-order valence-corrected chi connectivity index (χ2v) is 4.76. The van der Waals surface area contributed by atoms with Crippen LogP contribution in [0.2, 0.25) is 5.02 Å². The Labute approximate surface area is 121 Å². The van der Waals surface area contributed by atoms with Gasteiger partial charge in [0.25, 0.3) is 0 Å². The lowest BCUT2D eigenvalue weighted by atomic mass is 10.0. The molecule has 0 saturated heterocycles. The van der Waals surface area contributed by atoms with E-state index in [1.54, 1.807) is 16.9 Å². The van der Waals surface area contributed by atoms with Crippen LogP contribution < -0.4 is 5.32 Å². The van der Waals surface area contributed by atoms with E-state index in [9.17, 15) is 8.78 Å². The molecule has 0 fully saturated rings. The summed E-state index contributed by atoms with van der Waals surface area (Å²) in [6, 6.07) is 3.53. The summed E-state index contributed by atoms with van der Waals surface area (Å²) in [6.07, 6.45) is 1.56. The van der Waals surface area contributed by atoms with Crippen molar-refractivity contribution in [2.45, 2.75) is 26.4 Å². The highest BCUT2D eigenvalue weighted by Crippen LogP contribution is 2.29. The van der Waals surface area contributed by atoms with Gasteiger partial charge in [0, 0.05) is 6.54 Å². The predicted octanol–water partition coefficient (Wildman–Crippen LogP) is 3.53. The van der Waals surface area contributed by atoms with Crippen molar-refractivity contribution in [2.75, 3.05) is 6.54 Å². The Bertz CT molecular complexity index is 598. The summed E-state index contributed by atoms with van der Waals surface area (Å²) in [5, 5.41) is 7.91. The highest BCUT2D eigenvalue weighted by molar-refractivity contribution is 6.31. The Balaban J connectivity index is 2.49. The van der Waals surface area contributed by atoms with Gasteiger partial charge < -0.3 is 5.32 Å². The number of hydrogen-bond acceptors (Lipinski definition) is 2. The van der Waals surface area contributed by atoms with Gasteiger partial charge >= 0.3 is 0 Å². The van der Waals surface area contributed by atoms with E-state index in [1.807, 2.05) is 13.8 Å². The van der Waals surface area contributed by atoms with E-state index in [0.717, 1.165) is 11.8 Å². The van der Waals surface area contributed by atoms with Gasteiger partial charge in [0.15, 0.2) is 11.6 Å². The minimum Gasteiger partial charge on any atom is -0.305 e. The number of nitrogens with zero attached hydrogens (tertiary/aromatic N) is 2. The summed E-state index contributed by atoms with van der Waals surface area (Å²) in [5.74, 6) is -1.73. The Kier molecular flexibility index (Phi) is 4.73. The first kappa shape index (κ1) is 14.9. The van der Waals surface area contributed by atoms with Crippen molar-refractivity contribution in [1.29, 1.82) is 0 Å². The fraction of sp³-hybridized carbons (Fsp3) is 0.357. The van der Waals surface area contributed by atoms with Gasteiger partial charge in [0.2, 0.25) is 0 Å². The molecule has 0 aliphatic carbocycles. The van der Waals surface area contributed by atoms with Crippen molar-refractivity contribution >= 4 is 11.6 Å². The molecule has 0 aliphatic heterocycles. The first-order valence-electron chi connectivity index (χ1n) is 6.48. The lowest BCUT2D eigenvalue weighted by Gasteiger charge is -2.20. The quantitative estimate of drug-likeness (QED) is 0.915. The largest absolute Gasteiger partial charge is 0.305 e. The van der Waals surface area contributed by atoms with Crippen LogP contribution in [0.1, 0.15) is 31.1 Å². The molecule has 0 aliphatic rings. The Morgan fingerprint density at radius 3 is 2.65 bits per heavy atom. The average Bonchev–Trinajstić information content (AvgIpc) is 2.80. The van der Waals surface area contributed by atoms with Crippen LogP contribution in [-0.4, -0.2) is 16.3 Å². The highest BCUT2D eigenvalue weighted by Gasteiger charge is 2.22.